The Labute approximate surface area is 213 Å². The Balaban J connectivity index is 1.16. The summed E-state index contributed by atoms with van der Waals surface area (Å²) in [6, 6.07) is 13.5. The molecule has 1 N–H and O–H groups in total. The van der Waals surface area contributed by atoms with Gasteiger partial charge in [0.1, 0.15) is 5.75 Å². The predicted molar refractivity (Wildman–Crippen MR) is 141 cm³/mol. The molecule has 188 valence electrons. The van der Waals surface area contributed by atoms with Crippen LogP contribution in [0.4, 0.5) is 5.69 Å². The first kappa shape index (κ1) is 23.1. The van der Waals surface area contributed by atoms with Crippen LogP contribution in [-0.2, 0) is 7.05 Å². The topological polar surface area (TPSA) is 62.6 Å². The number of benzene rings is 2. The van der Waals surface area contributed by atoms with Gasteiger partial charge in [0.25, 0.3) is 5.91 Å². The number of fused-ring (bicyclic) bond motifs is 1. The Morgan fingerprint density at radius 3 is 2.64 bits per heavy atom. The third-order valence-electron chi connectivity index (χ3n) is 8.16. The number of hydrogen-bond donors (Lipinski definition) is 1. The van der Waals surface area contributed by atoms with Crippen molar-refractivity contribution >= 4 is 11.6 Å². The summed E-state index contributed by atoms with van der Waals surface area (Å²) in [5, 5.41) is 7.51. The van der Waals surface area contributed by atoms with E-state index in [1.807, 2.05) is 45.4 Å². The summed E-state index contributed by atoms with van der Waals surface area (Å²) in [7, 11) is 3.57. The van der Waals surface area contributed by atoms with Gasteiger partial charge in [-0.2, -0.15) is 5.10 Å². The van der Waals surface area contributed by atoms with Gasteiger partial charge < -0.3 is 15.0 Å². The fourth-order valence-electron chi connectivity index (χ4n) is 5.60. The Hall–Kier alpha value is -3.32. The predicted octanol–water partition coefficient (Wildman–Crippen LogP) is 4.18. The quantitative estimate of drug-likeness (QED) is 0.519. The van der Waals surface area contributed by atoms with Crippen molar-refractivity contribution in [1.82, 2.24) is 20.0 Å². The number of piperazine rings is 1. The molecule has 1 unspecified atom stereocenters. The third kappa shape index (κ3) is 4.26. The molecule has 2 aromatic carbocycles. The number of aryl methyl sites for hydroxylation is 2. The van der Waals surface area contributed by atoms with Crippen LogP contribution in [0.15, 0.2) is 48.8 Å². The van der Waals surface area contributed by atoms with Gasteiger partial charge in [-0.3, -0.25) is 14.4 Å². The summed E-state index contributed by atoms with van der Waals surface area (Å²) in [5.41, 5.74) is 5.91. The number of nitrogens with one attached hydrogen (secondary N) is 1. The Bertz CT molecular complexity index is 1300. The summed E-state index contributed by atoms with van der Waals surface area (Å²) in [6.07, 6.45) is 6.63. The lowest BCUT2D eigenvalue weighted by Gasteiger charge is -2.63. The zero-order chi connectivity index (χ0) is 25.0. The van der Waals surface area contributed by atoms with Crippen molar-refractivity contribution in [3.8, 4) is 16.9 Å². The molecule has 3 atom stereocenters. The van der Waals surface area contributed by atoms with Crippen LogP contribution in [0.1, 0.15) is 47.3 Å². The highest BCUT2D eigenvalue weighted by Gasteiger charge is 2.52. The lowest BCUT2D eigenvalue weighted by Crippen LogP contribution is -2.79. The van der Waals surface area contributed by atoms with E-state index in [2.05, 4.69) is 44.5 Å². The number of amides is 1. The van der Waals surface area contributed by atoms with Crippen LogP contribution in [0.25, 0.3) is 11.1 Å². The minimum atomic E-state index is -0.179. The zero-order valence-electron chi connectivity index (χ0n) is 21.6. The second kappa shape index (κ2) is 8.96. The van der Waals surface area contributed by atoms with E-state index >= 15 is 0 Å². The highest BCUT2D eigenvalue weighted by Crippen LogP contribution is 2.41. The third-order valence-corrected chi connectivity index (χ3v) is 8.16. The van der Waals surface area contributed by atoms with Crippen LogP contribution >= 0.6 is 0 Å². The largest absolute Gasteiger partial charge is 0.497 e. The van der Waals surface area contributed by atoms with E-state index in [0.717, 1.165) is 58.3 Å². The minimum Gasteiger partial charge on any atom is -0.497 e. The Morgan fingerprint density at radius 1 is 1.14 bits per heavy atom. The van der Waals surface area contributed by atoms with E-state index < -0.39 is 0 Å². The van der Waals surface area contributed by atoms with Gasteiger partial charge in [-0.15, -0.1) is 0 Å². The molecule has 3 fully saturated rings. The zero-order valence-corrected chi connectivity index (χ0v) is 21.6. The molecule has 0 spiro atoms. The molecule has 1 saturated carbocycles. The fourth-order valence-corrected chi connectivity index (χ4v) is 5.60. The monoisotopic (exact) mass is 485 g/mol. The molecule has 36 heavy (non-hydrogen) atoms. The molecule has 3 aromatic rings. The molecule has 7 nitrogen and oxygen atoms in total. The van der Waals surface area contributed by atoms with Crippen molar-refractivity contribution in [3.05, 3.63) is 65.5 Å². The maximum Gasteiger partial charge on any atom is 0.252 e. The van der Waals surface area contributed by atoms with Crippen LogP contribution in [0, 0.1) is 12.8 Å². The smallest absolute Gasteiger partial charge is 0.252 e. The lowest BCUT2D eigenvalue weighted by molar-refractivity contribution is 0.00763. The maximum absolute atomic E-state index is 13.4. The van der Waals surface area contributed by atoms with Crippen LogP contribution in [0.5, 0.6) is 5.75 Å². The standard InChI is InChI=1S/C29H35N5O2/c1-18-5-8-24(34-17-27-28(34)16-33(27)14-20-6-7-20)12-26(18)29(35)31-19(2)21-9-22(11-25(10-21)36-4)23-13-30-32(3)15-23/h5,8-13,15,19-20,27-28H,6-7,14,16-17H2,1-4H3,(H,31,35)/t19-,27+,28?/m1/s1. The van der Waals surface area contributed by atoms with Gasteiger partial charge in [0.15, 0.2) is 0 Å². The van der Waals surface area contributed by atoms with Crippen LogP contribution in [0.3, 0.4) is 0 Å². The van der Waals surface area contributed by atoms with E-state index in [-0.39, 0.29) is 11.9 Å². The molecule has 6 rings (SSSR count). The molecular weight excluding hydrogens is 450 g/mol. The molecule has 1 aliphatic carbocycles. The summed E-state index contributed by atoms with van der Waals surface area (Å²) < 4.78 is 7.33. The van der Waals surface area contributed by atoms with Gasteiger partial charge in [0, 0.05) is 55.7 Å². The summed E-state index contributed by atoms with van der Waals surface area (Å²) in [4.78, 5) is 18.5. The molecule has 7 heteroatoms. The van der Waals surface area contributed by atoms with Gasteiger partial charge in [0.2, 0.25) is 0 Å². The molecule has 3 aliphatic rings. The molecular formula is C29H35N5O2. The number of hydrogen-bond acceptors (Lipinski definition) is 5. The number of rotatable bonds is 8. The summed E-state index contributed by atoms with van der Waals surface area (Å²) >= 11 is 0. The molecule has 2 saturated heterocycles. The van der Waals surface area contributed by atoms with E-state index in [4.69, 9.17) is 4.74 Å². The number of nitrogens with zero attached hydrogens (tertiary/aromatic N) is 4. The van der Waals surface area contributed by atoms with Gasteiger partial charge >= 0.3 is 0 Å². The second-order valence-corrected chi connectivity index (χ2v) is 10.8. The molecule has 3 heterocycles. The highest BCUT2D eigenvalue weighted by molar-refractivity contribution is 5.97. The number of likely N-dealkylation sites (tertiary alicyclic amines) is 1. The summed E-state index contributed by atoms with van der Waals surface area (Å²) in [6.45, 7) is 7.53. The number of anilines is 1. The van der Waals surface area contributed by atoms with Crippen LogP contribution < -0.4 is 15.0 Å². The van der Waals surface area contributed by atoms with E-state index in [0.29, 0.717) is 12.1 Å². The molecule has 0 bridgehead atoms. The number of methoxy groups -OCH3 is 1. The van der Waals surface area contributed by atoms with E-state index in [9.17, 15) is 4.79 Å². The van der Waals surface area contributed by atoms with Gasteiger partial charge in [-0.25, -0.2) is 0 Å². The van der Waals surface area contributed by atoms with Crippen molar-refractivity contribution in [2.75, 3.05) is 31.6 Å². The van der Waals surface area contributed by atoms with Gasteiger partial charge in [0.05, 0.1) is 25.4 Å². The average Bonchev–Trinajstić information content (AvgIpc) is 3.58. The minimum absolute atomic E-state index is 0.0476. The van der Waals surface area contributed by atoms with E-state index in [1.165, 1.54) is 19.4 Å². The Kier molecular flexibility index (Phi) is 5.75. The van der Waals surface area contributed by atoms with Crippen LogP contribution in [0.2, 0.25) is 0 Å². The lowest BCUT2D eigenvalue weighted by atomic mass is 9.84. The number of ether oxygens (including phenoxy) is 1. The highest BCUT2D eigenvalue weighted by atomic mass is 16.5. The fraction of sp³-hybridized carbons (Fsp3) is 0.448. The number of aromatic nitrogens is 2. The van der Waals surface area contributed by atoms with Crippen molar-refractivity contribution < 1.29 is 9.53 Å². The first-order valence-corrected chi connectivity index (χ1v) is 13.0. The summed E-state index contributed by atoms with van der Waals surface area (Å²) in [5.74, 6) is 1.66. The van der Waals surface area contributed by atoms with Gasteiger partial charge in [-0.1, -0.05) is 6.07 Å². The molecule has 0 radical (unpaired) electrons. The van der Waals surface area contributed by atoms with Gasteiger partial charge in [-0.05, 0) is 79.6 Å². The first-order chi connectivity index (χ1) is 17.4. The first-order valence-electron chi connectivity index (χ1n) is 13.0. The SMILES string of the molecule is COc1cc(-c2cnn(C)c2)cc([C@@H](C)NC(=O)c2cc(N3C[C@H]4C3CN4CC3CC3)ccc2C)c1. The van der Waals surface area contributed by atoms with Crippen molar-refractivity contribution in [2.45, 2.75) is 44.8 Å². The average molecular weight is 486 g/mol. The Morgan fingerprint density at radius 2 is 1.97 bits per heavy atom. The molecule has 2 aliphatic heterocycles. The van der Waals surface area contributed by atoms with Crippen molar-refractivity contribution in [2.24, 2.45) is 13.0 Å². The number of carbonyl (C=O) groups excluding carboxylic acids is 1. The second-order valence-electron chi connectivity index (χ2n) is 10.8. The molecule has 1 amide bonds. The van der Waals surface area contributed by atoms with Crippen LogP contribution in [-0.4, -0.2) is 59.4 Å². The normalized spacial score (nSPS) is 21.8. The number of carbonyl (C=O) groups is 1. The van der Waals surface area contributed by atoms with E-state index in [1.54, 1.807) is 11.8 Å². The van der Waals surface area contributed by atoms with Crippen molar-refractivity contribution in [3.63, 3.8) is 0 Å². The van der Waals surface area contributed by atoms with Crippen molar-refractivity contribution in [1.29, 1.82) is 0 Å². The maximum atomic E-state index is 13.4. The molecule has 1 aromatic heterocycles.